The Bertz CT molecular complexity index is 927. The van der Waals surface area contributed by atoms with Crippen LogP contribution in [0.5, 0.6) is 0 Å². The van der Waals surface area contributed by atoms with Crippen LogP contribution in [0.3, 0.4) is 0 Å². The van der Waals surface area contributed by atoms with E-state index in [1.807, 2.05) is 12.1 Å². The summed E-state index contributed by atoms with van der Waals surface area (Å²) in [4.78, 5) is 35.1. The van der Waals surface area contributed by atoms with Crippen molar-refractivity contribution in [2.75, 3.05) is 5.01 Å². The summed E-state index contributed by atoms with van der Waals surface area (Å²) in [6.45, 7) is 0. The predicted octanol–water partition coefficient (Wildman–Crippen LogP) is 3.42. The third-order valence-electron chi connectivity index (χ3n) is 3.45. The molecule has 1 aliphatic rings. The molecule has 1 N–H and O–H groups in total. The molecular formula is C16H9BrIN3O4. The van der Waals surface area contributed by atoms with Gasteiger partial charge in [0, 0.05) is 9.64 Å². The Morgan fingerprint density at radius 3 is 2.48 bits per heavy atom. The van der Waals surface area contributed by atoms with Crippen molar-refractivity contribution < 1.29 is 14.5 Å². The zero-order valence-electron chi connectivity index (χ0n) is 12.4. The minimum atomic E-state index is -0.561. The number of hydrogen-bond donors (Lipinski definition) is 1. The van der Waals surface area contributed by atoms with Crippen LogP contribution in [0.4, 0.5) is 11.4 Å². The molecule has 25 heavy (non-hydrogen) atoms. The maximum atomic E-state index is 12.5. The number of carbonyl (C=O) groups excluding carboxylic acids is 2. The van der Waals surface area contributed by atoms with Crippen molar-refractivity contribution in [1.29, 1.82) is 0 Å². The van der Waals surface area contributed by atoms with Gasteiger partial charge in [0.2, 0.25) is 0 Å². The van der Waals surface area contributed by atoms with Crippen LogP contribution in [0.25, 0.3) is 6.08 Å². The topological polar surface area (TPSA) is 92.6 Å². The molecule has 1 aliphatic heterocycles. The van der Waals surface area contributed by atoms with Gasteiger partial charge in [0.1, 0.15) is 5.57 Å². The highest BCUT2D eigenvalue weighted by Crippen LogP contribution is 2.28. The zero-order valence-corrected chi connectivity index (χ0v) is 16.1. The van der Waals surface area contributed by atoms with Crippen molar-refractivity contribution in [3.8, 4) is 0 Å². The third-order valence-corrected chi connectivity index (χ3v) is 4.84. The van der Waals surface area contributed by atoms with Gasteiger partial charge in [-0.15, -0.1) is 0 Å². The quantitative estimate of drug-likeness (QED) is 0.224. The molecule has 7 nitrogen and oxygen atoms in total. The molecule has 1 fully saturated rings. The molecule has 0 unspecified atom stereocenters. The van der Waals surface area contributed by atoms with E-state index < -0.39 is 16.7 Å². The molecule has 0 aromatic heterocycles. The van der Waals surface area contributed by atoms with E-state index in [2.05, 4.69) is 43.9 Å². The summed E-state index contributed by atoms with van der Waals surface area (Å²) < 4.78 is 1.32. The molecule has 2 amide bonds. The van der Waals surface area contributed by atoms with E-state index in [1.54, 1.807) is 18.2 Å². The number of nitrogens with zero attached hydrogens (tertiary/aromatic N) is 2. The number of nitrogens with one attached hydrogen (secondary N) is 1. The van der Waals surface area contributed by atoms with E-state index in [-0.39, 0.29) is 11.3 Å². The number of anilines is 1. The van der Waals surface area contributed by atoms with Crippen molar-refractivity contribution in [2.24, 2.45) is 0 Å². The Labute approximate surface area is 164 Å². The van der Waals surface area contributed by atoms with Gasteiger partial charge < -0.3 is 0 Å². The fraction of sp³-hybridized carbons (Fsp3) is 0. The highest BCUT2D eigenvalue weighted by Gasteiger charge is 2.34. The third kappa shape index (κ3) is 3.56. The maximum Gasteiger partial charge on any atom is 0.284 e. The highest BCUT2D eigenvalue weighted by atomic mass is 127. The van der Waals surface area contributed by atoms with Gasteiger partial charge >= 0.3 is 0 Å². The van der Waals surface area contributed by atoms with Gasteiger partial charge in [-0.2, -0.15) is 0 Å². The van der Waals surface area contributed by atoms with Crippen molar-refractivity contribution in [3.63, 3.8) is 0 Å². The Hall–Kier alpha value is -2.27. The van der Waals surface area contributed by atoms with Gasteiger partial charge in [-0.25, -0.2) is 5.01 Å². The highest BCUT2D eigenvalue weighted by molar-refractivity contribution is 14.1. The van der Waals surface area contributed by atoms with E-state index in [0.717, 1.165) is 8.58 Å². The molecule has 0 radical (unpaired) electrons. The van der Waals surface area contributed by atoms with Crippen LogP contribution in [0.1, 0.15) is 5.56 Å². The Kier molecular flexibility index (Phi) is 4.86. The number of halogens is 2. The number of rotatable bonds is 3. The molecule has 1 saturated heterocycles. The summed E-state index contributed by atoms with van der Waals surface area (Å²) in [7, 11) is 0. The molecule has 3 rings (SSSR count). The van der Waals surface area contributed by atoms with Crippen molar-refractivity contribution in [1.82, 2.24) is 5.43 Å². The Morgan fingerprint density at radius 1 is 1.16 bits per heavy atom. The van der Waals surface area contributed by atoms with Crippen LogP contribution < -0.4 is 10.4 Å². The molecule has 9 heteroatoms. The number of carbonyl (C=O) groups is 2. The van der Waals surface area contributed by atoms with Gasteiger partial charge in [0.05, 0.1) is 15.1 Å². The number of hydrogen-bond acceptors (Lipinski definition) is 4. The summed E-state index contributed by atoms with van der Waals surface area (Å²) in [5.41, 5.74) is 3.18. The number of hydrazine groups is 1. The summed E-state index contributed by atoms with van der Waals surface area (Å²) in [5, 5.41) is 12.2. The molecular weight excluding hydrogens is 505 g/mol. The van der Waals surface area contributed by atoms with Gasteiger partial charge in [0.25, 0.3) is 17.5 Å². The second kappa shape index (κ2) is 6.92. The summed E-state index contributed by atoms with van der Waals surface area (Å²) in [5.74, 6) is -1.08. The first kappa shape index (κ1) is 17.5. The summed E-state index contributed by atoms with van der Waals surface area (Å²) >= 11 is 5.23. The van der Waals surface area contributed by atoms with Crippen LogP contribution >= 0.6 is 38.5 Å². The monoisotopic (exact) mass is 513 g/mol. The van der Waals surface area contributed by atoms with Gasteiger partial charge in [-0.1, -0.05) is 6.07 Å². The van der Waals surface area contributed by atoms with Crippen molar-refractivity contribution in [2.45, 2.75) is 0 Å². The first-order chi connectivity index (χ1) is 11.9. The fourth-order valence-electron chi connectivity index (χ4n) is 2.26. The molecule has 0 spiro atoms. The average molecular weight is 514 g/mol. The normalized spacial score (nSPS) is 15.6. The number of nitro benzene ring substituents is 1. The minimum Gasteiger partial charge on any atom is -0.267 e. The Balaban J connectivity index is 1.95. The molecule has 0 atom stereocenters. The number of nitro groups is 1. The largest absolute Gasteiger partial charge is 0.284 e. The van der Waals surface area contributed by atoms with Gasteiger partial charge in [-0.05, 0) is 80.5 Å². The molecule has 2 aromatic rings. The molecule has 0 aliphatic carbocycles. The molecule has 1 heterocycles. The smallest absolute Gasteiger partial charge is 0.267 e. The van der Waals surface area contributed by atoms with E-state index in [9.17, 15) is 19.7 Å². The van der Waals surface area contributed by atoms with Crippen LogP contribution in [0, 0.1) is 13.7 Å². The van der Waals surface area contributed by atoms with Crippen molar-refractivity contribution >= 4 is 67.8 Å². The van der Waals surface area contributed by atoms with Crippen molar-refractivity contribution in [3.05, 3.63) is 71.8 Å². The summed E-state index contributed by atoms with van der Waals surface area (Å²) in [6, 6.07) is 11.4. The van der Waals surface area contributed by atoms with Crippen LogP contribution in [-0.4, -0.2) is 16.7 Å². The first-order valence-corrected chi connectivity index (χ1v) is 8.80. The molecule has 0 bridgehead atoms. The number of amides is 2. The van der Waals surface area contributed by atoms with Crippen LogP contribution in [0.2, 0.25) is 0 Å². The van der Waals surface area contributed by atoms with Crippen LogP contribution in [-0.2, 0) is 9.59 Å². The first-order valence-electron chi connectivity index (χ1n) is 6.93. The van der Waals surface area contributed by atoms with Gasteiger partial charge in [0.15, 0.2) is 0 Å². The standard InChI is InChI=1S/C16H9BrIN3O4/c17-13-6-1-9(8-14(13)21(24)25)7-12-15(22)19-20(16(12)23)11-4-2-10(18)3-5-11/h1-8H,(H,19,22)/b12-7+. The SMILES string of the molecule is O=C1NN(c2ccc(I)cc2)C(=O)/C1=C/c1ccc(Br)c([N+](=O)[O-])c1. The Morgan fingerprint density at radius 2 is 1.84 bits per heavy atom. The lowest BCUT2D eigenvalue weighted by atomic mass is 10.1. The van der Waals surface area contributed by atoms with Gasteiger partial charge in [-0.3, -0.25) is 25.1 Å². The lowest BCUT2D eigenvalue weighted by molar-refractivity contribution is -0.385. The van der Waals surface area contributed by atoms with E-state index in [1.165, 1.54) is 18.2 Å². The lowest BCUT2D eigenvalue weighted by Gasteiger charge is -2.14. The summed E-state index contributed by atoms with van der Waals surface area (Å²) in [6.07, 6.45) is 1.34. The predicted molar refractivity (Wildman–Crippen MR) is 104 cm³/mol. The second-order valence-corrected chi connectivity index (χ2v) is 7.18. The van der Waals surface area contributed by atoms with E-state index >= 15 is 0 Å². The molecule has 2 aromatic carbocycles. The van der Waals surface area contributed by atoms with E-state index in [0.29, 0.717) is 15.7 Å². The lowest BCUT2D eigenvalue weighted by Crippen LogP contribution is -2.35. The van der Waals surface area contributed by atoms with Crippen LogP contribution in [0.15, 0.2) is 52.5 Å². The van der Waals surface area contributed by atoms with E-state index in [4.69, 9.17) is 0 Å². The zero-order chi connectivity index (χ0) is 18.1. The minimum absolute atomic E-state index is 0.0878. The number of benzene rings is 2. The average Bonchev–Trinajstić information content (AvgIpc) is 2.85. The molecule has 126 valence electrons. The molecule has 0 saturated carbocycles. The second-order valence-electron chi connectivity index (χ2n) is 5.08. The maximum absolute atomic E-state index is 12.5. The fourth-order valence-corrected chi connectivity index (χ4v) is 3.01.